The molecule has 3 rings (SSSR count). The Labute approximate surface area is 171 Å². The van der Waals surface area contributed by atoms with E-state index in [1.807, 2.05) is 32.0 Å². The van der Waals surface area contributed by atoms with Crippen LogP contribution in [0.25, 0.3) is 0 Å². The first-order valence-corrected chi connectivity index (χ1v) is 10.1. The van der Waals surface area contributed by atoms with Crippen LogP contribution in [0.15, 0.2) is 48.5 Å². The molecule has 1 atom stereocenters. The van der Waals surface area contributed by atoms with Gasteiger partial charge in [0.05, 0.1) is 5.92 Å². The summed E-state index contributed by atoms with van der Waals surface area (Å²) in [5, 5.41) is 5.82. The van der Waals surface area contributed by atoms with Crippen LogP contribution < -0.4 is 10.6 Å². The van der Waals surface area contributed by atoms with Crippen molar-refractivity contribution in [3.8, 4) is 0 Å². The molecule has 1 aliphatic rings. The molecule has 2 amide bonds. The highest BCUT2D eigenvalue weighted by atomic mass is 19.1. The van der Waals surface area contributed by atoms with Crippen LogP contribution in [0, 0.1) is 17.7 Å². The van der Waals surface area contributed by atoms with Crippen molar-refractivity contribution in [1.29, 1.82) is 0 Å². The van der Waals surface area contributed by atoms with Crippen LogP contribution in [0.4, 0.5) is 15.8 Å². The lowest BCUT2D eigenvalue weighted by atomic mass is 9.96. The molecule has 29 heavy (non-hydrogen) atoms. The topological polar surface area (TPSA) is 61.4 Å². The van der Waals surface area contributed by atoms with Crippen molar-refractivity contribution in [1.82, 2.24) is 4.90 Å². The summed E-state index contributed by atoms with van der Waals surface area (Å²) in [6, 6.07) is 13.8. The van der Waals surface area contributed by atoms with Gasteiger partial charge in [0.25, 0.3) is 0 Å². The number of halogens is 1. The fourth-order valence-electron chi connectivity index (χ4n) is 3.51. The van der Waals surface area contributed by atoms with Crippen LogP contribution in [-0.2, 0) is 16.1 Å². The molecule has 2 aromatic rings. The first kappa shape index (κ1) is 21.0. The molecule has 5 nitrogen and oxygen atoms in total. The normalized spacial score (nSPS) is 17.2. The van der Waals surface area contributed by atoms with E-state index in [4.69, 9.17) is 0 Å². The average Bonchev–Trinajstić information content (AvgIpc) is 2.68. The lowest BCUT2D eigenvalue weighted by molar-refractivity contribution is -0.121. The van der Waals surface area contributed by atoms with Crippen molar-refractivity contribution >= 4 is 23.2 Å². The number of carbonyl (C=O) groups excluding carboxylic acids is 2. The van der Waals surface area contributed by atoms with E-state index in [-0.39, 0.29) is 29.5 Å². The maximum Gasteiger partial charge on any atom is 0.228 e. The van der Waals surface area contributed by atoms with Crippen molar-refractivity contribution in [2.45, 2.75) is 33.2 Å². The van der Waals surface area contributed by atoms with Gasteiger partial charge in [-0.25, -0.2) is 4.39 Å². The quantitative estimate of drug-likeness (QED) is 0.765. The van der Waals surface area contributed by atoms with Gasteiger partial charge in [0.15, 0.2) is 0 Å². The highest BCUT2D eigenvalue weighted by Gasteiger charge is 2.26. The molecule has 1 fully saturated rings. The fraction of sp³-hybridized carbons (Fsp3) is 0.391. The largest absolute Gasteiger partial charge is 0.326 e. The number of hydrogen-bond donors (Lipinski definition) is 2. The summed E-state index contributed by atoms with van der Waals surface area (Å²) in [5.41, 5.74) is 2.25. The van der Waals surface area contributed by atoms with Gasteiger partial charge in [0.1, 0.15) is 5.82 Å². The van der Waals surface area contributed by atoms with Crippen LogP contribution in [-0.4, -0.2) is 29.8 Å². The minimum atomic E-state index is -0.238. The second kappa shape index (κ2) is 9.65. The maximum absolute atomic E-state index is 13.4. The summed E-state index contributed by atoms with van der Waals surface area (Å²) in [4.78, 5) is 26.8. The van der Waals surface area contributed by atoms with E-state index in [2.05, 4.69) is 15.5 Å². The van der Waals surface area contributed by atoms with E-state index in [9.17, 15) is 14.0 Å². The average molecular weight is 397 g/mol. The minimum absolute atomic E-state index is 0.0266. The summed E-state index contributed by atoms with van der Waals surface area (Å²) in [5.74, 6) is -0.556. The van der Waals surface area contributed by atoms with Crippen molar-refractivity contribution in [2.75, 3.05) is 23.7 Å². The zero-order valence-corrected chi connectivity index (χ0v) is 17.0. The molecule has 154 valence electrons. The van der Waals surface area contributed by atoms with E-state index in [0.717, 1.165) is 24.9 Å². The molecular formula is C23H28FN3O2. The van der Waals surface area contributed by atoms with E-state index < -0.39 is 0 Å². The molecular weight excluding hydrogens is 369 g/mol. The first-order chi connectivity index (χ1) is 13.9. The molecule has 0 bridgehead atoms. The second-order valence-electron chi connectivity index (χ2n) is 7.92. The smallest absolute Gasteiger partial charge is 0.228 e. The first-order valence-electron chi connectivity index (χ1n) is 10.1. The molecule has 2 aromatic carbocycles. The number of likely N-dealkylation sites (tertiary alicyclic amines) is 1. The Hall–Kier alpha value is -2.73. The number of benzene rings is 2. The summed E-state index contributed by atoms with van der Waals surface area (Å²) >= 11 is 0. The zero-order chi connectivity index (χ0) is 20.8. The third-order valence-electron chi connectivity index (χ3n) is 5.09. The Morgan fingerprint density at radius 3 is 2.55 bits per heavy atom. The number of piperidine rings is 1. The SMILES string of the molecule is CC(C)C(=O)Nc1cccc(NC(=O)C2CCCN(Cc3cccc(F)c3)C2)c1. The fourth-order valence-corrected chi connectivity index (χ4v) is 3.51. The molecule has 1 unspecified atom stereocenters. The van der Waals surface area contributed by atoms with Crippen LogP contribution >= 0.6 is 0 Å². The van der Waals surface area contributed by atoms with Gasteiger partial charge < -0.3 is 10.6 Å². The van der Waals surface area contributed by atoms with E-state index in [1.54, 1.807) is 24.3 Å². The van der Waals surface area contributed by atoms with Crippen LogP contribution in [0.1, 0.15) is 32.3 Å². The van der Waals surface area contributed by atoms with Gasteiger partial charge >= 0.3 is 0 Å². The number of amides is 2. The molecule has 0 saturated carbocycles. The molecule has 0 spiro atoms. The number of hydrogen-bond acceptors (Lipinski definition) is 3. The summed E-state index contributed by atoms with van der Waals surface area (Å²) in [6.07, 6.45) is 1.76. The Morgan fingerprint density at radius 1 is 1.10 bits per heavy atom. The van der Waals surface area contributed by atoms with Gasteiger partial charge in [0.2, 0.25) is 11.8 Å². The third kappa shape index (κ3) is 6.12. The van der Waals surface area contributed by atoms with Gasteiger partial charge in [-0.15, -0.1) is 0 Å². The van der Waals surface area contributed by atoms with Crippen LogP contribution in [0.2, 0.25) is 0 Å². The molecule has 2 N–H and O–H groups in total. The van der Waals surface area contributed by atoms with Crippen molar-refractivity contribution in [3.05, 3.63) is 59.9 Å². The molecule has 0 aromatic heterocycles. The highest BCUT2D eigenvalue weighted by Crippen LogP contribution is 2.22. The molecule has 1 heterocycles. The Bertz CT molecular complexity index is 869. The van der Waals surface area contributed by atoms with E-state index >= 15 is 0 Å². The number of rotatable bonds is 6. The van der Waals surface area contributed by atoms with Crippen LogP contribution in [0.5, 0.6) is 0 Å². The van der Waals surface area contributed by atoms with E-state index in [1.165, 1.54) is 6.07 Å². The summed E-state index contributed by atoms with van der Waals surface area (Å²) < 4.78 is 13.4. The number of nitrogens with zero attached hydrogens (tertiary/aromatic N) is 1. The monoisotopic (exact) mass is 397 g/mol. The number of carbonyl (C=O) groups is 2. The van der Waals surface area contributed by atoms with Gasteiger partial charge in [0, 0.05) is 30.4 Å². The predicted octanol–water partition coefficient (Wildman–Crippen LogP) is 4.27. The Balaban J connectivity index is 1.58. The Morgan fingerprint density at radius 2 is 1.83 bits per heavy atom. The summed E-state index contributed by atoms with van der Waals surface area (Å²) in [6.45, 7) is 5.85. The molecule has 1 saturated heterocycles. The van der Waals surface area contributed by atoms with Gasteiger partial charge in [-0.1, -0.05) is 32.0 Å². The lowest BCUT2D eigenvalue weighted by Gasteiger charge is -2.32. The Kier molecular flexibility index (Phi) is 6.99. The molecule has 0 aliphatic carbocycles. The summed E-state index contributed by atoms with van der Waals surface area (Å²) in [7, 11) is 0. The highest BCUT2D eigenvalue weighted by molar-refractivity contribution is 5.95. The minimum Gasteiger partial charge on any atom is -0.326 e. The molecule has 1 aliphatic heterocycles. The van der Waals surface area contributed by atoms with Crippen molar-refractivity contribution < 1.29 is 14.0 Å². The van der Waals surface area contributed by atoms with Crippen molar-refractivity contribution in [2.24, 2.45) is 11.8 Å². The lowest BCUT2D eigenvalue weighted by Crippen LogP contribution is -2.40. The predicted molar refractivity (Wildman–Crippen MR) is 113 cm³/mol. The number of anilines is 2. The van der Waals surface area contributed by atoms with Gasteiger partial charge in [-0.05, 0) is 55.3 Å². The standard InChI is InChI=1S/C23H28FN3O2/c1-16(2)22(28)25-20-9-4-10-21(13-20)26-23(29)18-7-5-11-27(15-18)14-17-6-3-8-19(24)12-17/h3-4,6,8-10,12-13,16,18H,5,7,11,14-15H2,1-2H3,(H,25,28)(H,26,29). The molecule has 6 heteroatoms. The van der Waals surface area contributed by atoms with Gasteiger partial charge in [-0.2, -0.15) is 0 Å². The van der Waals surface area contributed by atoms with Crippen LogP contribution in [0.3, 0.4) is 0 Å². The maximum atomic E-state index is 13.4. The van der Waals surface area contributed by atoms with E-state index in [0.29, 0.717) is 24.5 Å². The second-order valence-corrected chi connectivity index (χ2v) is 7.92. The zero-order valence-electron chi connectivity index (χ0n) is 17.0. The third-order valence-corrected chi connectivity index (χ3v) is 5.09. The van der Waals surface area contributed by atoms with Gasteiger partial charge in [-0.3, -0.25) is 14.5 Å². The number of nitrogens with one attached hydrogen (secondary N) is 2. The molecule has 0 radical (unpaired) electrons. The van der Waals surface area contributed by atoms with Crippen molar-refractivity contribution in [3.63, 3.8) is 0 Å².